The summed E-state index contributed by atoms with van der Waals surface area (Å²) in [5.74, 6) is 0.456. The minimum atomic E-state index is -0.0699. The van der Waals surface area contributed by atoms with Gasteiger partial charge in [-0.1, -0.05) is 0 Å². The number of imidazole rings is 1. The number of nitrogens with zero attached hydrogens (tertiary/aromatic N) is 3. The molecule has 0 aromatic carbocycles. The predicted octanol–water partition coefficient (Wildman–Crippen LogP) is 0.398. The van der Waals surface area contributed by atoms with Crippen molar-refractivity contribution in [1.29, 1.82) is 0 Å². The minimum Gasteiger partial charge on any atom is -0.381 e. The summed E-state index contributed by atoms with van der Waals surface area (Å²) in [5.41, 5.74) is 7.26. The largest absolute Gasteiger partial charge is 0.381 e. The molecule has 1 aromatic heterocycles. The number of aromatic nitrogens is 2. The fourth-order valence-electron chi connectivity index (χ4n) is 2.31. The van der Waals surface area contributed by atoms with Crippen molar-refractivity contribution in [3.8, 4) is 0 Å². The lowest BCUT2D eigenvalue weighted by molar-refractivity contribution is -0.128. The van der Waals surface area contributed by atoms with Gasteiger partial charge in [-0.2, -0.15) is 0 Å². The van der Waals surface area contributed by atoms with E-state index in [1.165, 1.54) is 0 Å². The standard InChI is InChI=1S/C13H22N4O2/c1-16(2)12(18)3-5-17-9-15-7-11(17)13(14)10-4-6-19-8-10/h7,9-10,13H,3-6,8,14H2,1-2H3. The summed E-state index contributed by atoms with van der Waals surface area (Å²) in [6.45, 7) is 2.11. The van der Waals surface area contributed by atoms with Gasteiger partial charge in [0.25, 0.3) is 0 Å². The highest BCUT2D eigenvalue weighted by Crippen LogP contribution is 2.26. The highest BCUT2D eigenvalue weighted by Gasteiger charge is 2.26. The summed E-state index contributed by atoms with van der Waals surface area (Å²) in [4.78, 5) is 17.4. The normalized spacial score (nSPS) is 20.5. The molecule has 6 nitrogen and oxygen atoms in total. The van der Waals surface area contributed by atoms with Crippen LogP contribution in [0.4, 0.5) is 0 Å². The second-order valence-corrected chi connectivity index (χ2v) is 5.20. The van der Waals surface area contributed by atoms with E-state index >= 15 is 0 Å². The number of ether oxygens (including phenoxy) is 1. The Bertz CT molecular complexity index is 424. The van der Waals surface area contributed by atoms with Crippen LogP contribution in [0.25, 0.3) is 0 Å². The van der Waals surface area contributed by atoms with Crippen LogP contribution in [0, 0.1) is 5.92 Å². The Morgan fingerprint density at radius 2 is 2.47 bits per heavy atom. The van der Waals surface area contributed by atoms with Gasteiger partial charge in [0.15, 0.2) is 0 Å². The van der Waals surface area contributed by atoms with Crippen LogP contribution in [-0.2, 0) is 16.1 Å². The van der Waals surface area contributed by atoms with Crippen molar-refractivity contribution >= 4 is 5.91 Å². The van der Waals surface area contributed by atoms with Crippen molar-refractivity contribution in [2.75, 3.05) is 27.3 Å². The number of aryl methyl sites for hydroxylation is 1. The molecular weight excluding hydrogens is 244 g/mol. The van der Waals surface area contributed by atoms with Crippen LogP contribution in [0.1, 0.15) is 24.6 Å². The Hall–Kier alpha value is -1.40. The van der Waals surface area contributed by atoms with E-state index < -0.39 is 0 Å². The lowest BCUT2D eigenvalue weighted by Crippen LogP contribution is -2.26. The molecule has 2 atom stereocenters. The average Bonchev–Trinajstić information content (AvgIpc) is 3.05. The van der Waals surface area contributed by atoms with E-state index in [9.17, 15) is 4.79 Å². The topological polar surface area (TPSA) is 73.4 Å². The highest BCUT2D eigenvalue weighted by molar-refractivity contribution is 5.75. The van der Waals surface area contributed by atoms with Crippen LogP contribution in [0.15, 0.2) is 12.5 Å². The van der Waals surface area contributed by atoms with Gasteiger partial charge in [0.1, 0.15) is 0 Å². The van der Waals surface area contributed by atoms with Crippen LogP contribution in [0.3, 0.4) is 0 Å². The molecule has 1 amide bonds. The molecule has 0 bridgehead atoms. The summed E-state index contributed by atoms with van der Waals surface area (Å²) < 4.78 is 7.35. The number of carbonyl (C=O) groups is 1. The van der Waals surface area contributed by atoms with E-state index in [1.807, 2.05) is 4.57 Å². The van der Waals surface area contributed by atoms with Gasteiger partial charge in [-0.05, 0) is 6.42 Å². The molecule has 19 heavy (non-hydrogen) atoms. The molecule has 2 rings (SSSR count). The molecule has 2 heterocycles. The zero-order valence-electron chi connectivity index (χ0n) is 11.6. The molecule has 1 aliphatic rings. The van der Waals surface area contributed by atoms with Crippen molar-refractivity contribution in [2.24, 2.45) is 11.7 Å². The maximum absolute atomic E-state index is 11.6. The van der Waals surface area contributed by atoms with E-state index in [-0.39, 0.29) is 11.9 Å². The zero-order valence-corrected chi connectivity index (χ0v) is 11.6. The summed E-state index contributed by atoms with van der Waals surface area (Å²) >= 11 is 0. The zero-order chi connectivity index (χ0) is 13.8. The lowest BCUT2D eigenvalue weighted by Gasteiger charge is -2.19. The van der Waals surface area contributed by atoms with Gasteiger partial charge in [0.05, 0.1) is 24.7 Å². The van der Waals surface area contributed by atoms with Crippen LogP contribution >= 0.6 is 0 Å². The van der Waals surface area contributed by atoms with Gasteiger partial charge >= 0.3 is 0 Å². The molecule has 1 aliphatic heterocycles. The molecule has 0 saturated carbocycles. The first-order valence-electron chi connectivity index (χ1n) is 6.63. The van der Waals surface area contributed by atoms with Crippen LogP contribution in [0.2, 0.25) is 0 Å². The summed E-state index contributed by atoms with van der Waals surface area (Å²) in [5, 5.41) is 0. The molecule has 2 N–H and O–H groups in total. The average molecular weight is 266 g/mol. The number of hydrogen-bond acceptors (Lipinski definition) is 4. The number of carbonyl (C=O) groups excluding carboxylic acids is 1. The predicted molar refractivity (Wildman–Crippen MR) is 71.4 cm³/mol. The highest BCUT2D eigenvalue weighted by atomic mass is 16.5. The smallest absolute Gasteiger partial charge is 0.223 e. The first kappa shape index (κ1) is 14.0. The minimum absolute atomic E-state index is 0.0699. The molecule has 1 aromatic rings. The maximum Gasteiger partial charge on any atom is 0.223 e. The van der Waals surface area contributed by atoms with Gasteiger partial charge in [-0.3, -0.25) is 4.79 Å². The van der Waals surface area contributed by atoms with Crippen molar-refractivity contribution in [1.82, 2.24) is 14.5 Å². The van der Waals surface area contributed by atoms with Gasteiger partial charge in [-0.15, -0.1) is 0 Å². The Morgan fingerprint density at radius 1 is 1.68 bits per heavy atom. The quantitative estimate of drug-likeness (QED) is 0.837. The van der Waals surface area contributed by atoms with Gasteiger partial charge < -0.3 is 19.9 Å². The maximum atomic E-state index is 11.6. The van der Waals surface area contributed by atoms with Gasteiger partial charge in [-0.25, -0.2) is 4.98 Å². The second-order valence-electron chi connectivity index (χ2n) is 5.20. The van der Waals surface area contributed by atoms with Gasteiger partial charge in [0.2, 0.25) is 5.91 Å². The summed E-state index contributed by atoms with van der Waals surface area (Å²) in [6, 6.07) is -0.0699. The molecule has 1 fully saturated rings. The summed E-state index contributed by atoms with van der Waals surface area (Å²) in [7, 11) is 3.53. The number of rotatable bonds is 5. The van der Waals surface area contributed by atoms with E-state index in [1.54, 1.807) is 31.5 Å². The third-order valence-corrected chi connectivity index (χ3v) is 3.62. The molecular formula is C13H22N4O2. The van der Waals surface area contributed by atoms with Crippen LogP contribution in [-0.4, -0.2) is 47.7 Å². The van der Waals surface area contributed by atoms with E-state index in [2.05, 4.69) is 4.98 Å². The van der Waals surface area contributed by atoms with Crippen molar-refractivity contribution < 1.29 is 9.53 Å². The first-order valence-corrected chi connectivity index (χ1v) is 6.63. The molecule has 1 saturated heterocycles. The lowest BCUT2D eigenvalue weighted by atomic mass is 9.97. The summed E-state index contributed by atoms with van der Waals surface area (Å²) in [6.07, 6.45) is 4.99. The van der Waals surface area contributed by atoms with Crippen molar-refractivity contribution in [2.45, 2.75) is 25.4 Å². The number of amides is 1. The Labute approximate surface area is 113 Å². The molecule has 0 radical (unpaired) electrons. The third kappa shape index (κ3) is 3.33. The van der Waals surface area contributed by atoms with Gasteiger partial charge in [0, 0.05) is 45.8 Å². The van der Waals surface area contributed by atoms with E-state index in [0.29, 0.717) is 25.5 Å². The molecule has 0 aliphatic carbocycles. The number of nitrogens with two attached hydrogens (primary N) is 1. The molecule has 6 heteroatoms. The molecule has 2 unspecified atom stereocenters. The molecule has 0 spiro atoms. The SMILES string of the molecule is CN(C)C(=O)CCn1cncc1C(N)C1CCOC1. The monoisotopic (exact) mass is 266 g/mol. The van der Waals surface area contributed by atoms with Crippen molar-refractivity contribution in [3.63, 3.8) is 0 Å². The molecule has 106 valence electrons. The fraction of sp³-hybridized carbons (Fsp3) is 0.692. The van der Waals surface area contributed by atoms with Crippen LogP contribution in [0.5, 0.6) is 0 Å². The van der Waals surface area contributed by atoms with Crippen molar-refractivity contribution in [3.05, 3.63) is 18.2 Å². The first-order chi connectivity index (χ1) is 9.09. The van der Waals surface area contributed by atoms with E-state index in [4.69, 9.17) is 10.5 Å². The second kappa shape index (κ2) is 6.16. The number of hydrogen-bond donors (Lipinski definition) is 1. The fourth-order valence-corrected chi connectivity index (χ4v) is 2.31. The Morgan fingerprint density at radius 3 is 3.11 bits per heavy atom. The Kier molecular flexibility index (Phi) is 4.55. The third-order valence-electron chi connectivity index (χ3n) is 3.62. The van der Waals surface area contributed by atoms with E-state index in [0.717, 1.165) is 18.7 Å². The Balaban J connectivity index is 1.98. The van der Waals surface area contributed by atoms with Crippen LogP contribution < -0.4 is 5.73 Å².